The summed E-state index contributed by atoms with van der Waals surface area (Å²) in [4.78, 5) is 42.3. The number of carbonyl (C=O) groups is 3. The Labute approximate surface area is 182 Å². The Hall–Kier alpha value is -3.72. The first-order valence-electron chi connectivity index (χ1n) is 9.49. The third kappa shape index (κ3) is 4.26. The molecule has 8 nitrogen and oxygen atoms in total. The number of benzene rings is 2. The summed E-state index contributed by atoms with van der Waals surface area (Å²) in [6.45, 7) is 3.35. The van der Waals surface area contributed by atoms with Gasteiger partial charge in [0.25, 0.3) is 5.91 Å². The van der Waals surface area contributed by atoms with Gasteiger partial charge in [-0.3, -0.25) is 14.5 Å². The van der Waals surface area contributed by atoms with Gasteiger partial charge in [-0.1, -0.05) is 0 Å². The zero-order valence-corrected chi connectivity index (χ0v) is 17.6. The number of ether oxygens (including phenoxy) is 1. The van der Waals surface area contributed by atoms with Crippen LogP contribution in [0.5, 0.6) is 5.75 Å². The van der Waals surface area contributed by atoms with Gasteiger partial charge in [-0.05, 0) is 56.3 Å². The number of carbonyl (C=O) groups excluding carboxylic acids is 2. The van der Waals surface area contributed by atoms with Crippen molar-refractivity contribution in [1.29, 1.82) is 0 Å². The Morgan fingerprint density at radius 2 is 1.97 bits per heavy atom. The Bertz CT molecular complexity index is 1170. The number of hydrogen-bond donors (Lipinski definition) is 2. The van der Waals surface area contributed by atoms with Gasteiger partial charge in [0.15, 0.2) is 6.10 Å². The molecule has 1 atom stereocenters. The van der Waals surface area contributed by atoms with Crippen LogP contribution in [0.1, 0.15) is 22.3 Å². The Morgan fingerprint density at radius 1 is 1.23 bits per heavy atom. The number of aromatic nitrogens is 1. The zero-order valence-electron chi connectivity index (χ0n) is 16.8. The van der Waals surface area contributed by atoms with E-state index in [1.165, 1.54) is 40.5 Å². The molecule has 1 aliphatic heterocycles. The molecule has 1 aromatic heterocycles. The second-order valence-electron chi connectivity index (χ2n) is 7.05. The summed E-state index contributed by atoms with van der Waals surface area (Å²) in [6, 6.07) is 11.2. The summed E-state index contributed by atoms with van der Waals surface area (Å²) in [5.74, 6) is -1.27. The quantitative estimate of drug-likeness (QED) is 0.632. The predicted molar refractivity (Wildman–Crippen MR) is 117 cm³/mol. The molecule has 2 heterocycles. The SMILES string of the molecule is Cc1nc(-c2ccc3c(c2)N(CC(=O)Nc2ccc(C(=O)O)cc2)C(=O)C(C)O3)cs1. The molecule has 2 N–H and O–H groups in total. The molecule has 2 aromatic carbocycles. The first-order chi connectivity index (χ1) is 14.8. The highest BCUT2D eigenvalue weighted by Gasteiger charge is 2.33. The summed E-state index contributed by atoms with van der Waals surface area (Å²) in [5.41, 5.74) is 2.68. The highest BCUT2D eigenvalue weighted by Crippen LogP contribution is 2.37. The molecule has 0 fully saturated rings. The number of hydrogen-bond acceptors (Lipinski definition) is 6. The molecular formula is C22H19N3O5S. The van der Waals surface area contributed by atoms with E-state index in [4.69, 9.17) is 9.84 Å². The van der Waals surface area contributed by atoms with Crippen molar-refractivity contribution in [3.63, 3.8) is 0 Å². The second-order valence-corrected chi connectivity index (χ2v) is 8.11. The van der Waals surface area contributed by atoms with Crippen LogP contribution in [-0.2, 0) is 9.59 Å². The van der Waals surface area contributed by atoms with Gasteiger partial charge in [-0.2, -0.15) is 0 Å². The monoisotopic (exact) mass is 437 g/mol. The molecule has 3 aromatic rings. The Balaban J connectivity index is 1.58. The Kier molecular flexibility index (Phi) is 5.43. The molecule has 158 valence electrons. The zero-order chi connectivity index (χ0) is 22.1. The van der Waals surface area contributed by atoms with E-state index in [0.29, 0.717) is 17.1 Å². The number of carboxylic acid groups (broad SMARTS) is 1. The number of anilines is 2. The van der Waals surface area contributed by atoms with Crippen LogP contribution in [-0.4, -0.2) is 40.5 Å². The van der Waals surface area contributed by atoms with E-state index in [1.807, 2.05) is 18.4 Å². The number of aromatic carboxylic acids is 1. The highest BCUT2D eigenvalue weighted by atomic mass is 32.1. The van der Waals surface area contributed by atoms with Crippen LogP contribution in [0, 0.1) is 6.92 Å². The maximum atomic E-state index is 12.8. The number of thiazole rings is 1. The van der Waals surface area contributed by atoms with E-state index >= 15 is 0 Å². The van der Waals surface area contributed by atoms with Crippen LogP contribution >= 0.6 is 11.3 Å². The molecule has 2 amide bonds. The van der Waals surface area contributed by atoms with Gasteiger partial charge in [0.05, 0.1) is 22.0 Å². The van der Waals surface area contributed by atoms with E-state index in [0.717, 1.165) is 16.3 Å². The lowest BCUT2D eigenvalue weighted by Gasteiger charge is -2.32. The lowest BCUT2D eigenvalue weighted by Crippen LogP contribution is -2.47. The van der Waals surface area contributed by atoms with Crippen molar-refractivity contribution in [2.45, 2.75) is 20.0 Å². The number of amides is 2. The van der Waals surface area contributed by atoms with Crippen LogP contribution < -0.4 is 15.0 Å². The molecule has 1 aliphatic rings. The van der Waals surface area contributed by atoms with E-state index in [-0.39, 0.29) is 18.0 Å². The number of carboxylic acids is 1. The lowest BCUT2D eigenvalue weighted by molar-refractivity contribution is -0.127. The molecule has 0 saturated carbocycles. The third-order valence-corrected chi connectivity index (χ3v) is 5.57. The van der Waals surface area contributed by atoms with E-state index in [1.54, 1.807) is 19.1 Å². The van der Waals surface area contributed by atoms with Crippen molar-refractivity contribution < 1.29 is 24.2 Å². The van der Waals surface area contributed by atoms with Gasteiger partial charge in [-0.25, -0.2) is 9.78 Å². The van der Waals surface area contributed by atoms with Gasteiger partial charge in [-0.15, -0.1) is 11.3 Å². The van der Waals surface area contributed by atoms with Crippen molar-refractivity contribution in [3.05, 3.63) is 58.4 Å². The molecule has 0 spiro atoms. The molecule has 31 heavy (non-hydrogen) atoms. The van der Waals surface area contributed by atoms with Gasteiger partial charge in [0, 0.05) is 16.6 Å². The molecule has 0 bridgehead atoms. The first kappa shape index (κ1) is 20.5. The minimum atomic E-state index is -1.05. The number of aryl methyl sites for hydroxylation is 1. The normalized spacial score (nSPS) is 15.2. The fourth-order valence-corrected chi connectivity index (χ4v) is 3.89. The van der Waals surface area contributed by atoms with Gasteiger partial charge in [0.2, 0.25) is 5.91 Å². The van der Waals surface area contributed by atoms with Crippen LogP contribution in [0.2, 0.25) is 0 Å². The Morgan fingerprint density at radius 3 is 2.61 bits per heavy atom. The van der Waals surface area contributed by atoms with Crippen molar-refractivity contribution >= 4 is 40.5 Å². The van der Waals surface area contributed by atoms with Gasteiger partial charge < -0.3 is 15.2 Å². The van der Waals surface area contributed by atoms with Gasteiger partial charge in [0.1, 0.15) is 12.3 Å². The minimum Gasteiger partial charge on any atom is -0.479 e. The summed E-state index contributed by atoms with van der Waals surface area (Å²) in [6.07, 6.45) is -0.720. The third-order valence-electron chi connectivity index (χ3n) is 4.80. The van der Waals surface area contributed by atoms with Gasteiger partial charge >= 0.3 is 5.97 Å². The average Bonchev–Trinajstić information content (AvgIpc) is 3.18. The average molecular weight is 437 g/mol. The maximum absolute atomic E-state index is 12.8. The molecule has 1 unspecified atom stereocenters. The van der Waals surface area contributed by atoms with Crippen molar-refractivity contribution in [1.82, 2.24) is 4.98 Å². The highest BCUT2D eigenvalue weighted by molar-refractivity contribution is 7.09. The number of nitrogens with one attached hydrogen (secondary N) is 1. The fourth-order valence-electron chi connectivity index (χ4n) is 3.27. The molecule has 4 rings (SSSR count). The van der Waals surface area contributed by atoms with Crippen LogP contribution in [0.15, 0.2) is 47.8 Å². The van der Waals surface area contributed by atoms with Crippen molar-refractivity contribution in [3.8, 4) is 17.0 Å². The van der Waals surface area contributed by atoms with E-state index in [2.05, 4.69) is 10.3 Å². The number of fused-ring (bicyclic) bond motifs is 1. The van der Waals surface area contributed by atoms with Crippen LogP contribution in [0.25, 0.3) is 11.3 Å². The summed E-state index contributed by atoms with van der Waals surface area (Å²) < 4.78 is 5.71. The maximum Gasteiger partial charge on any atom is 0.335 e. The molecule has 0 saturated heterocycles. The summed E-state index contributed by atoms with van der Waals surface area (Å²) in [5, 5.41) is 14.5. The molecular weight excluding hydrogens is 418 g/mol. The molecule has 0 radical (unpaired) electrons. The lowest BCUT2D eigenvalue weighted by atomic mass is 10.1. The summed E-state index contributed by atoms with van der Waals surface area (Å²) in [7, 11) is 0. The number of rotatable bonds is 5. The standard InChI is InChI=1S/C22H19N3O5S/c1-12-21(27)25(10-20(26)24-16-6-3-14(4-7-16)22(28)29)18-9-15(5-8-19(18)30-12)17-11-31-13(2)23-17/h3-9,11-12H,10H2,1-2H3,(H,24,26)(H,28,29). The number of nitrogens with zero attached hydrogens (tertiary/aromatic N) is 2. The van der Waals surface area contributed by atoms with E-state index in [9.17, 15) is 14.4 Å². The largest absolute Gasteiger partial charge is 0.479 e. The van der Waals surface area contributed by atoms with Crippen LogP contribution in [0.3, 0.4) is 0 Å². The van der Waals surface area contributed by atoms with Crippen LogP contribution in [0.4, 0.5) is 11.4 Å². The minimum absolute atomic E-state index is 0.119. The molecule has 9 heteroatoms. The smallest absolute Gasteiger partial charge is 0.335 e. The molecule has 0 aliphatic carbocycles. The van der Waals surface area contributed by atoms with Crippen molar-refractivity contribution in [2.75, 3.05) is 16.8 Å². The fraction of sp³-hybridized carbons (Fsp3) is 0.182. The topological polar surface area (TPSA) is 109 Å². The summed E-state index contributed by atoms with van der Waals surface area (Å²) >= 11 is 1.53. The van der Waals surface area contributed by atoms with E-state index < -0.39 is 18.0 Å². The predicted octanol–water partition coefficient (Wildman–Crippen LogP) is 3.57. The first-order valence-corrected chi connectivity index (χ1v) is 10.4. The second kappa shape index (κ2) is 8.19. The van der Waals surface area contributed by atoms with Crippen molar-refractivity contribution in [2.24, 2.45) is 0 Å².